The molecular formula is C25H27ClN2O5. The minimum atomic E-state index is -0.786. The van der Waals surface area contributed by atoms with E-state index in [9.17, 15) is 19.5 Å². The van der Waals surface area contributed by atoms with Crippen molar-refractivity contribution in [2.75, 3.05) is 26.2 Å². The molecule has 3 rings (SSSR count). The predicted octanol–water partition coefficient (Wildman–Crippen LogP) is 4.03. The quantitative estimate of drug-likeness (QED) is 0.206. The highest BCUT2D eigenvalue weighted by molar-refractivity contribution is 6.46. The largest absolute Gasteiger partial charge is 0.507 e. The maximum atomic E-state index is 13.1. The predicted molar refractivity (Wildman–Crippen MR) is 126 cm³/mol. The topological polar surface area (TPSA) is 87.2 Å². The van der Waals surface area contributed by atoms with E-state index >= 15 is 0 Å². The molecule has 1 heterocycles. The molecule has 1 N–H and O–H groups in total. The molecule has 1 aliphatic rings. The summed E-state index contributed by atoms with van der Waals surface area (Å²) in [5, 5.41) is 11.5. The second-order valence-electron chi connectivity index (χ2n) is 7.69. The van der Waals surface area contributed by atoms with Crippen molar-refractivity contribution in [3.63, 3.8) is 0 Å². The molecule has 0 radical (unpaired) electrons. The Bertz CT molecular complexity index is 1080. The van der Waals surface area contributed by atoms with Crippen LogP contribution in [0.5, 0.6) is 5.75 Å². The average molecular weight is 471 g/mol. The lowest BCUT2D eigenvalue weighted by Gasteiger charge is -2.28. The molecule has 0 bridgehead atoms. The second kappa shape index (κ2) is 10.6. The number of halogens is 1. The number of Topliss-reactive ketones (excluding diaryl/α,β-unsaturated/α-hetero) is 1. The summed E-state index contributed by atoms with van der Waals surface area (Å²) in [6.45, 7) is 7.88. The molecule has 8 heteroatoms. The molecule has 2 aromatic carbocycles. The molecule has 1 atom stereocenters. The lowest BCUT2D eigenvalue weighted by atomic mass is 9.95. The van der Waals surface area contributed by atoms with Crippen LogP contribution in [0.4, 0.5) is 0 Å². The van der Waals surface area contributed by atoms with Crippen LogP contribution in [0.15, 0.2) is 54.1 Å². The zero-order valence-corrected chi connectivity index (χ0v) is 19.6. The van der Waals surface area contributed by atoms with Crippen molar-refractivity contribution < 1.29 is 24.2 Å². The first-order chi connectivity index (χ1) is 15.8. The van der Waals surface area contributed by atoms with Crippen LogP contribution in [-0.2, 0) is 14.4 Å². The Hall–Kier alpha value is -3.16. The van der Waals surface area contributed by atoms with Gasteiger partial charge in [-0.3, -0.25) is 14.4 Å². The number of benzene rings is 2. The van der Waals surface area contributed by atoms with Gasteiger partial charge in [-0.15, -0.1) is 0 Å². The van der Waals surface area contributed by atoms with Crippen molar-refractivity contribution >= 4 is 35.0 Å². The van der Waals surface area contributed by atoms with Crippen molar-refractivity contribution in [1.82, 2.24) is 9.80 Å². The van der Waals surface area contributed by atoms with E-state index in [0.29, 0.717) is 35.0 Å². The summed E-state index contributed by atoms with van der Waals surface area (Å²) >= 11 is 6.08. The van der Waals surface area contributed by atoms with E-state index < -0.39 is 23.7 Å². The van der Waals surface area contributed by atoms with E-state index in [2.05, 4.69) is 4.90 Å². The number of nitrogens with zero attached hydrogens (tertiary/aromatic N) is 2. The molecule has 1 aliphatic heterocycles. The van der Waals surface area contributed by atoms with Gasteiger partial charge in [-0.2, -0.15) is 0 Å². The van der Waals surface area contributed by atoms with Crippen LogP contribution in [0.3, 0.4) is 0 Å². The number of likely N-dealkylation sites (tertiary alicyclic amines) is 1. The number of aliphatic hydroxyl groups is 1. The Morgan fingerprint density at radius 2 is 1.79 bits per heavy atom. The number of amides is 1. The van der Waals surface area contributed by atoms with Crippen molar-refractivity contribution in [3.05, 3.63) is 70.3 Å². The molecule has 1 fully saturated rings. The van der Waals surface area contributed by atoms with Gasteiger partial charge in [-0.1, -0.05) is 49.7 Å². The fourth-order valence-electron chi connectivity index (χ4n) is 3.92. The first kappa shape index (κ1) is 24.5. The highest BCUT2D eigenvalue weighted by Gasteiger charge is 2.46. The van der Waals surface area contributed by atoms with Gasteiger partial charge in [0.2, 0.25) is 0 Å². The maximum absolute atomic E-state index is 13.1. The SMILES string of the molecule is CCN(CC)CCN1C(=O)C(=O)/C(=C(\O)c2cccc(Cl)c2)C1c1ccc(OC(C)=O)cc1. The summed E-state index contributed by atoms with van der Waals surface area (Å²) in [5.74, 6) is -1.80. The van der Waals surface area contributed by atoms with Crippen LogP contribution in [0.1, 0.15) is 37.9 Å². The van der Waals surface area contributed by atoms with Gasteiger partial charge in [0.25, 0.3) is 11.7 Å². The van der Waals surface area contributed by atoms with Crippen molar-refractivity contribution in [3.8, 4) is 5.75 Å². The minimum absolute atomic E-state index is 0.00190. The zero-order valence-electron chi connectivity index (χ0n) is 18.9. The van der Waals surface area contributed by atoms with Crippen LogP contribution in [0.2, 0.25) is 5.02 Å². The number of carbonyl (C=O) groups is 3. The van der Waals surface area contributed by atoms with E-state index in [0.717, 1.165) is 13.1 Å². The number of esters is 1. The van der Waals surface area contributed by atoms with E-state index in [1.54, 1.807) is 48.5 Å². The van der Waals surface area contributed by atoms with Gasteiger partial charge in [0.05, 0.1) is 11.6 Å². The number of hydrogen-bond acceptors (Lipinski definition) is 6. The van der Waals surface area contributed by atoms with Gasteiger partial charge in [-0.25, -0.2) is 0 Å². The van der Waals surface area contributed by atoms with Gasteiger partial charge >= 0.3 is 5.97 Å². The molecule has 33 heavy (non-hydrogen) atoms. The van der Waals surface area contributed by atoms with E-state index in [-0.39, 0.29) is 11.3 Å². The van der Waals surface area contributed by atoms with Crippen LogP contribution in [0, 0.1) is 0 Å². The third-order valence-electron chi connectivity index (χ3n) is 5.65. The Labute approximate surface area is 198 Å². The summed E-state index contributed by atoms with van der Waals surface area (Å²) in [6, 6.07) is 12.3. The summed E-state index contributed by atoms with van der Waals surface area (Å²) in [4.78, 5) is 41.0. The molecule has 0 aromatic heterocycles. The van der Waals surface area contributed by atoms with Crippen molar-refractivity contribution in [1.29, 1.82) is 0 Å². The molecule has 1 unspecified atom stereocenters. The standard InChI is InChI=1S/C25H27ClN2O5/c1-4-27(5-2)13-14-28-22(17-9-11-20(12-10-17)33-16(3)29)21(24(31)25(28)32)23(30)18-7-6-8-19(26)15-18/h6-12,15,22,30H,4-5,13-14H2,1-3H3/b23-21-. The first-order valence-corrected chi connectivity index (χ1v) is 11.2. The monoisotopic (exact) mass is 470 g/mol. The Balaban J connectivity index is 2.08. The van der Waals surface area contributed by atoms with Crippen LogP contribution >= 0.6 is 11.6 Å². The normalized spacial score (nSPS) is 17.6. The minimum Gasteiger partial charge on any atom is -0.507 e. The molecule has 7 nitrogen and oxygen atoms in total. The smallest absolute Gasteiger partial charge is 0.308 e. The molecule has 1 saturated heterocycles. The second-order valence-corrected chi connectivity index (χ2v) is 8.13. The number of ketones is 1. The number of ether oxygens (including phenoxy) is 1. The Morgan fingerprint density at radius 1 is 1.12 bits per heavy atom. The fraction of sp³-hybridized carbons (Fsp3) is 0.320. The fourth-order valence-corrected chi connectivity index (χ4v) is 4.11. The molecule has 2 aromatic rings. The Morgan fingerprint density at radius 3 is 2.36 bits per heavy atom. The van der Waals surface area contributed by atoms with Crippen LogP contribution in [-0.4, -0.2) is 58.7 Å². The van der Waals surface area contributed by atoms with Gasteiger partial charge in [0.1, 0.15) is 11.5 Å². The first-order valence-electron chi connectivity index (χ1n) is 10.8. The van der Waals surface area contributed by atoms with Crippen molar-refractivity contribution in [2.45, 2.75) is 26.8 Å². The van der Waals surface area contributed by atoms with E-state index in [4.69, 9.17) is 16.3 Å². The molecule has 174 valence electrons. The summed E-state index contributed by atoms with van der Waals surface area (Å²) in [6.07, 6.45) is 0. The Kier molecular flexibility index (Phi) is 7.89. The zero-order chi connectivity index (χ0) is 24.1. The third kappa shape index (κ3) is 5.43. The highest BCUT2D eigenvalue weighted by Crippen LogP contribution is 2.40. The molecule has 0 spiro atoms. The highest BCUT2D eigenvalue weighted by atomic mass is 35.5. The summed E-state index contributed by atoms with van der Waals surface area (Å²) < 4.78 is 5.10. The third-order valence-corrected chi connectivity index (χ3v) is 5.88. The maximum Gasteiger partial charge on any atom is 0.308 e. The van der Waals surface area contributed by atoms with Gasteiger partial charge in [0.15, 0.2) is 0 Å². The lowest BCUT2D eigenvalue weighted by Crippen LogP contribution is -2.38. The number of carbonyl (C=O) groups excluding carboxylic acids is 3. The molecule has 1 amide bonds. The van der Waals surface area contributed by atoms with Gasteiger partial charge in [0, 0.05) is 30.6 Å². The molecule has 0 saturated carbocycles. The van der Waals surface area contributed by atoms with Crippen molar-refractivity contribution in [2.24, 2.45) is 0 Å². The van der Waals surface area contributed by atoms with E-state index in [1.807, 2.05) is 13.8 Å². The van der Waals surface area contributed by atoms with E-state index in [1.165, 1.54) is 11.8 Å². The van der Waals surface area contributed by atoms with Gasteiger partial charge < -0.3 is 19.6 Å². The molecule has 0 aliphatic carbocycles. The summed E-state index contributed by atoms with van der Waals surface area (Å²) in [7, 11) is 0. The van der Waals surface area contributed by atoms with Crippen LogP contribution < -0.4 is 4.74 Å². The number of hydrogen-bond donors (Lipinski definition) is 1. The average Bonchev–Trinajstić information content (AvgIpc) is 3.04. The summed E-state index contributed by atoms with van der Waals surface area (Å²) in [5.41, 5.74) is 0.973. The van der Waals surface area contributed by atoms with Crippen LogP contribution in [0.25, 0.3) is 5.76 Å². The van der Waals surface area contributed by atoms with Gasteiger partial charge in [-0.05, 0) is 42.9 Å². The number of rotatable bonds is 8. The lowest BCUT2D eigenvalue weighted by molar-refractivity contribution is -0.140. The number of likely N-dealkylation sites (N-methyl/N-ethyl adjacent to an activating group) is 1. The molecular weight excluding hydrogens is 444 g/mol. The number of aliphatic hydroxyl groups excluding tert-OH is 1.